The number of fused-ring (bicyclic) bond motifs is 3. The van der Waals surface area contributed by atoms with Crippen LogP contribution in [-0.2, 0) is 0 Å². The summed E-state index contributed by atoms with van der Waals surface area (Å²) in [6, 6.07) is 11.9. The molecule has 31 heavy (non-hydrogen) atoms. The lowest BCUT2D eigenvalue weighted by atomic mass is 10.1. The van der Waals surface area contributed by atoms with Crippen LogP contribution in [0.4, 0.5) is 0 Å². The summed E-state index contributed by atoms with van der Waals surface area (Å²) in [5.41, 5.74) is 4.38. The summed E-state index contributed by atoms with van der Waals surface area (Å²) in [7, 11) is 0. The van der Waals surface area contributed by atoms with E-state index in [1.807, 2.05) is 36.4 Å². The molecule has 0 bridgehead atoms. The molecule has 0 aliphatic heterocycles. The first-order valence-electron chi connectivity index (χ1n) is 10.4. The van der Waals surface area contributed by atoms with Crippen molar-refractivity contribution in [3.63, 3.8) is 0 Å². The van der Waals surface area contributed by atoms with Crippen molar-refractivity contribution in [1.29, 1.82) is 0 Å². The van der Waals surface area contributed by atoms with E-state index in [2.05, 4.69) is 42.7 Å². The maximum Gasteiger partial charge on any atom is 0.142 e. The zero-order chi connectivity index (χ0) is 20.8. The van der Waals surface area contributed by atoms with Crippen molar-refractivity contribution < 1.29 is 14.7 Å². The molecule has 0 aromatic heterocycles. The minimum atomic E-state index is 0. The molecular weight excluding hydrogens is 437 g/mol. The van der Waals surface area contributed by atoms with Gasteiger partial charge in [0.2, 0.25) is 0 Å². The Bertz CT molecular complexity index is 802. The van der Waals surface area contributed by atoms with Crippen molar-refractivity contribution in [2.45, 2.75) is 27.7 Å². The lowest BCUT2D eigenvalue weighted by Crippen LogP contribution is -2.27. The molecule has 0 radical (unpaired) electrons. The van der Waals surface area contributed by atoms with Crippen LogP contribution in [0, 0.1) is 0 Å². The lowest BCUT2D eigenvalue weighted by molar-refractivity contribution is 0.137. The third kappa shape index (κ3) is 6.04. The second-order valence-corrected chi connectivity index (χ2v) is 7.02. The fraction of sp³-hybridized carbons (Fsp3) is 0.435. The van der Waals surface area contributed by atoms with Gasteiger partial charge in [-0.1, -0.05) is 32.9 Å². The number of hydrogen-bond acceptors (Lipinski definition) is 6. The molecule has 1 aliphatic rings. The molecule has 0 spiro atoms. The summed E-state index contributed by atoms with van der Waals surface area (Å²) in [5.74, 6) is 1.53. The standard InChI is InChI=1S/C23H31N3O3.2ClH/c1-5-25(6-2)15-28-17-9-11-19-20-12-10-18(29-16-26(7-3)8-4)14-22(20)23(24-27)21(19)13-17;;/h9-14,27H,5-8,15-16H2,1-4H3;2*1H. The molecule has 2 aromatic carbocycles. The van der Waals surface area contributed by atoms with Gasteiger partial charge >= 0.3 is 0 Å². The van der Waals surface area contributed by atoms with Gasteiger partial charge in [0.1, 0.15) is 30.7 Å². The molecule has 0 atom stereocenters. The Labute approximate surface area is 197 Å². The zero-order valence-electron chi connectivity index (χ0n) is 18.6. The van der Waals surface area contributed by atoms with Crippen LogP contribution in [0.1, 0.15) is 38.8 Å². The van der Waals surface area contributed by atoms with E-state index in [0.717, 1.165) is 59.9 Å². The Morgan fingerprint density at radius 2 is 1.06 bits per heavy atom. The minimum absolute atomic E-state index is 0. The maximum absolute atomic E-state index is 9.72. The highest BCUT2D eigenvalue weighted by atomic mass is 35.5. The molecule has 8 heteroatoms. The van der Waals surface area contributed by atoms with Gasteiger partial charge in [0.25, 0.3) is 0 Å². The van der Waals surface area contributed by atoms with Crippen LogP contribution in [0.3, 0.4) is 0 Å². The normalized spacial score (nSPS) is 11.5. The molecule has 0 amide bonds. The van der Waals surface area contributed by atoms with E-state index in [-0.39, 0.29) is 24.8 Å². The lowest BCUT2D eigenvalue weighted by Gasteiger charge is -2.18. The monoisotopic (exact) mass is 469 g/mol. The van der Waals surface area contributed by atoms with Crippen LogP contribution >= 0.6 is 24.8 Å². The third-order valence-corrected chi connectivity index (χ3v) is 5.50. The quantitative estimate of drug-likeness (QED) is 0.254. The molecular formula is C23H33Cl2N3O3. The Morgan fingerprint density at radius 3 is 1.39 bits per heavy atom. The molecule has 0 heterocycles. The highest BCUT2D eigenvalue weighted by molar-refractivity contribution is 6.24. The maximum atomic E-state index is 9.72. The number of hydrogen-bond donors (Lipinski definition) is 1. The molecule has 0 saturated carbocycles. The Kier molecular flexibility index (Phi) is 11.1. The van der Waals surface area contributed by atoms with E-state index in [0.29, 0.717) is 19.2 Å². The Hall–Kier alpha value is -1.99. The molecule has 172 valence electrons. The van der Waals surface area contributed by atoms with Crippen LogP contribution in [0.25, 0.3) is 11.1 Å². The summed E-state index contributed by atoms with van der Waals surface area (Å²) in [6.45, 7) is 13.3. The molecule has 2 aromatic rings. The van der Waals surface area contributed by atoms with Crippen molar-refractivity contribution in [2.24, 2.45) is 5.16 Å². The van der Waals surface area contributed by atoms with Crippen LogP contribution in [-0.4, -0.2) is 60.4 Å². The second kappa shape index (κ2) is 12.8. The van der Waals surface area contributed by atoms with E-state index in [1.165, 1.54) is 0 Å². The van der Waals surface area contributed by atoms with Crippen LogP contribution in [0.5, 0.6) is 11.5 Å². The summed E-state index contributed by atoms with van der Waals surface area (Å²) >= 11 is 0. The predicted molar refractivity (Wildman–Crippen MR) is 131 cm³/mol. The van der Waals surface area contributed by atoms with Gasteiger partial charge in [0, 0.05) is 11.1 Å². The first kappa shape index (κ1) is 27.0. The fourth-order valence-corrected chi connectivity index (χ4v) is 3.48. The largest absolute Gasteiger partial charge is 0.478 e. The average Bonchev–Trinajstić information content (AvgIpc) is 3.07. The fourth-order valence-electron chi connectivity index (χ4n) is 3.48. The van der Waals surface area contributed by atoms with Crippen LogP contribution < -0.4 is 9.47 Å². The third-order valence-electron chi connectivity index (χ3n) is 5.50. The molecule has 0 fully saturated rings. The van der Waals surface area contributed by atoms with Gasteiger partial charge in [-0.15, -0.1) is 24.8 Å². The summed E-state index contributed by atoms with van der Waals surface area (Å²) in [4.78, 5) is 4.39. The van der Waals surface area contributed by atoms with Gasteiger partial charge < -0.3 is 14.7 Å². The molecule has 3 rings (SSSR count). The van der Waals surface area contributed by atoms with Crippen LogP contribution in [0.15, 0.2) is 41.6 Å². The van der Waals surface area contributed by atoms with Crippen molar-refractivity contribution in [1.82, 2.24) is 9.80 Å². The van der Waals surface area contributed by atoms with E-state index in [1.54, 1.807) is 0 Å². The van der Waals surface area contributed by atoms with E-state index < -0.39 is 0 Å². The molecule has 0 saturated heterocycles. The number of halogens is 2. The second-order valence-electron chi connectivity index (χ2n) is 7.02. The zero-order valence-corrected chi connectivity index (χ0v) is 20.3. The summed E-state index contributed by atoms with van der Waals surface area (Å²) < 4.78 is 11.9. The van der Waals surface area contributed by atoms with Crippen molar-refractivity contribution in [3.05, 3.63) is 47.5 Å². The predicted octanol–water partition coefficient (Wildman–Crippen LogP) is 5.09. The van der Waals surface area contributed by atoms with Gasteiger partial charge in [-0.05, 0) is 73.7 Å². The van der Waals surface area contributed by atoms with E-state index >= 15 is 0 Å². The summed E-state index contributed by atoms with van der Waals surface area (Å²) in [5, 5.41) is 13.3. The van der Waals surface area contributed by atoms with Crippen molar-refractivity contribution in [3.8, 4) is 22.6 Å². The van der Waals surface area contributed by atoms with Crippen molar-refractivity contribution >= 4 is 30.5 Å². The molecule has 0 unspecified atom stereocenters. The van der Waals surface area contributed by atoms with Crippen molar-refractivity contribution in [2.75, 3.05) is 39.6 Å². The average molecular weight is 470 g/mol. The highest BCUT2D eigenvalue weighted by Crippen LogP contribution is 2.40. The van der Waals surface area contributed by atoms with E-state index in [4.69, 9.17) is 9.47 Å². The minimum Gasteiger partial charge on any atom is -0.478 e. The van der Waals surface area contributed by atoms with Gasteiger partial charge in [0.05, 0.1) is 0 Å². The number of benzene rings is 2. The molecule has 6 nitrogen and oxygen atoms in total. The van der Waals surface area contributed by atoms with Gasteiger partial charge in [-0.3, -0.25) is 9.80 Å². The number of ether oxygens (including phenoxy) is 2. The first-order chi connectivity index (χ1) is 14.1. The number of nitrogens with zero attached hydrogens (tertiary/aromatic N) is 3. The van der Waals surface area contributed by atoms with E-state index in [9.17, 15) is 5.21 Å². The van der Waals surface area contributed by atoms with Gasteiger partial charge in [0.15, 0.2) is 0 Å². The van der Waals surface area contributed by atoms with Crippen LogP contribution in [0.2, 0.25) is 0 Å². The SMILES string of the molecule is CCN(CC)COc1ccc2c(c1)C(=NO)c1cc(OCN(CC)CC)ccc1-2.Cl.Cl. The molecule has 1 aliphatic carbocycles. The smallest absolute Gasteiger partial charge is 0.142 e. The Morgan fingerprint density at radius 1 is 0.677 bits per heavy atom. The number of oxime groups is 1. The van der Waals surface area contributed by atoms with Gasteiger partial charge in [-0.2, -0.15) is 0 Å². The number of rotatable bonds is 10. The highest BCUT2D eigenvalue weighted by Gasteiger charge is 2.26. The topological polar surface area (TPSA) is 57.5 Å². The first-order valence-corrected chi connectivity index (χ1v) is 10.4. The van der Waals surface area contributed by atoms with Gasteiger partial charge in [-0.25, -0.2) is 0 Å². The Balaban J connectivity index is 0.00000240. The summed E-state index contributed by atoms with van der Waals surface area (Å²) in [6.07, 6.45) is 0. The molecule has 1 N–H and O–H groups in total.